The molecule has 0 aromatic carbocycles. The van der Waals surface area contributed by atoms with E-state index in [0.717, 1.165) is 12.0 Å². The summed E-state index contributed by atoms with van der Waals surface area (Å²) in [5.74, 6) is 0.899. The normalized spacial score (nSPS) is 13.5. The molecule has 1 N–H and O–H groups in total. The fraction of sp³-hybridized carbons (Fsp3) is 1.00. The molecule has 14 heavy (non-hydrogen) atoms. The molecule has 1 atom stereocenters. The standard InChI is InChI=1S/C13H29N/c1-5-9-10-12(6-2)11-14-13(7-3)8-4/h12-14H,5-11H2,1-4H3. The van der Waals surface area contributed by atoms with Crippen molar-refractivity contribution in [3.63, 3.8) is 0 Å². The zero-order valence-corrected chi connectivity index (χ0v) is 10.6. The second kappa shape index (κ2) is 9.51. The Morgan fingerprint density at radius 1 is 0.929 bits per heavy atom. The van der Waals surface area contributed by atoms with Gasteiger partial charge in [-0.05, 0) is 31.7 Å². The molecule has 0 rings (SSSR count). The second-order valence-corrected chi connectivity index (χ2v) is 4.34. The molecule has 0 saturated heterocycles. The van der Waals surface area contributed by atoms with E-state index in [1.54, 1.807) is 0 Å². The lowest BCUT2D eigenvalue weighted by Crippen LogP contribution is -2.32. The van der Waals surface area contributed by atoms with Crippen LogP contribution in [-0.2, 0) is 0 Å². The van der Waals surface area contributed by atoms with Crippen LogP contribution in [0.25, 0.3) is 0 Å². The van der Waals surface area contributed by atoms with Crippen molar-refractivity contribution in [1.82, 2.24) is 5.32 Å². The van der Waals surface area contributed by atoms with Crippen molar-refractivity contribution in [2.24, 2.45) is 5.92 Å². The highest BCUT2D eigenvalue weighted by Crippen LogP contribution is 2.12. The lowest BCUT2D eigenvalue weighted by atomic mass is 9.98. The highest BCUT2D eigenvalue weighted by atomic mass is 14.9. The highest BCUT2D eigenvalue weighted by molar-refractivity contribution is 4.67. The van der Waals surface area contributed by atoms with E-state index in [1.807, 2.05) is 0 Å². The van der Waals surface area contributed by atoms with Gasteiger partial charge >= 0.3 is 0 Å². The molecular formula is C13H29N. The van der Waals surface area contributed by atoms with Crippen molar-refractivity contribution in [2.75, 3.05) is 6.54 Å². The lowest BCUT2D eigenvalue weighted by Gasteiger charge is -2.20. The average molecular weight is 199 g/mol. The smallest absolute Gasteiger partial charge is 0.00619 e. The summed E-state index contributed by atoms with van der Waals surface area (Å²) in [4.78, 5) is 0. The van der Waals surface area contributed by atoms with Gasteiger partial charge in [-0.15, -0.1) is 0 Å². The topological polar surface area (TPSA) is 12.0 Å². The molecule has 1 nitrogen and oxygen atoms in total. The maximum absolute atomic E-state index is 3.68. The van der Waals surface area contributed by atoms with E-state index < -0.39 is 0 Å². The van der Waals surface area contributed by atoms with Gasteiger partial charge in [0.15, 0.2) is 0 Å². The van der Waals surface area contributed by atoms with Crippen molar-refractivity contribution < 1.29 is 0 Å². The fourth-order valence-electron chi connectivity index (χ4n) is 1.85. The Morgan fingerprint density at radius 2 is 1.57 bits per heavy atom. The zero-order valence-electron chi connectivity index (χ0n) is 10.6. The summed E-state index contributed by atoms with van der Waals surface area (Å²) >= 11 is 0. The van der Waals surface area contributed by atoms with Gasteiger partial charge in [0.25, 0.3) is 0 Å². The summed E-state index contributed by atoms with van der Waals surface area (Å²) < 4.78 is 0. The van der Waals surface area contributed by atoms with Crippen molar-refractivity contribution in [3.8, 4) is 0 Å². The van der Waals surface area contributed by atoms with Gasteiger partial charge in [-0.25, -0.2) is 0 Å². The van der Waals surface area contributed by atoms with Crippen LogP contribution in [0.5, 0.6) is 0 Å². The third-order valence-electron chi connectivity index (χ3n) is 3.22. The van der Waals surface area contributed by atoms with Crippen LogP contribution in [0.15, 0.2) is 0 Å². The summed E-state index contributed by atoms with van der Waals surface area (Å²) in [7, 11) is 0. The van der Waals surface area contributed by atoms with Crippen LogP contribution in [0, 0.1) is 5.92 Å². The molecule has 1 unspecified atom stereocenters. The van der Waals surface area contributed by atoms with Gasteiger partial charge in [0.05, 0.1) is 0 Å². The molecule has 0 radical (unpaired) electrons. The Bertz CT molecular complexity index is 108. The molecule has 0 aromatic rings. The largest absolute Gasteiger partial charge is 0.314 e. The van der Waals surface area contributed by atoms with Crippen molar-refractivity contribution in [3.05, 3.63) is 0 Å². The van der Waals surface area contributed by atoms with Gasteiger partial charge < -0.3 is 5.32 Å². The first-order valence-corrected chi connectivity index (χ1v) is 6.51. The zero-order chi connectivity index (χ0) is 10.8. The fourth-order valence-corrected chi connectivity index (χ4v) is 1.85. The van der Waals surface area contributed by atoms with E-state index in [2.05, 4.69) is 33.0 Å². The lowest BCUT2D eigenvalue weighted by molar-refractivity contribution is 0.378. The molecule has 0 aliphatic carbocycles. The summed E-state index contributed by atoms with van der Waals surface area (Å²) in [5, 5.41) is 3.68. The van der Waals surface area contributed by atoms with Gasteiger partial charge in [0.1, 0.15) is 0 Å². The Labute approximate surface area is 90.7 Å². The third-order valence-corrected chi connectivity index (χ3v) is 3.22. The van der Waals surface area contributed by atoms with Gasteiger partial charge in [-0.3, -0.25) is 0 Å². The molecule has 0 bridgehead atoms. The van der Waals surface area contributed by atoms with E-state index >= 15 is 0 Å². The first-order chi connectivity index (χ1) is 6.78. The van der Waals surface area contributed by atoms with E-state index in [1.165, 1.54) is 45.1 Å². The minimum atomic E-state index is 0.741. The molecule has 0 spiro atoms. The highest BCUT2D eigenvalue weighted by Gasteiger charge is 2.08. The summed E-state index contributed by atoms with van der Waals surface area (Å²) in [6.45, 7) is 10.4. The molecule has 1 heteroatoms. The summed E-state index contributed by atoms with van der Waals surface area (Å²) in [6.07, 6.45) is 7.99. The Balaban J connectivity index is 3.59. The molecule has 0 aliphatic heterocycles. The SMILES string of the molecule is CCCCC(CC)CNC(CC)CC. The minimum absolute atomic E-state index is 0.741. The molecule has 0 heterocycles. The Morgan fingerprint density at radius 3 is 2.00 bits per heavy atom. The maximum atomic E-state index is 3.68. The van der Waals surface area contributed by atoms with Crippen LogP contribution in [0.4, 0.5) is 0 Å². The Kier molecular flexibility index (Phi) is 9.49. The van der Waals surface area contributed by atoms with Crippen LogP contribution in [0.3, 0.4) is 0 Å². The molecule has 0 aliphatic rings. The first-order valence-electron chi connectivity index (χ1n) is 6.51. The van der Waals surface area contributed by atoms with Gasteiger partial charge in [-0.1, -0.05) is 47.0 Å². The van der Waals surface area contributed by atoms with Crippen molar-refractivity contribution in [2.45, 2.75) is 72.3 Å². The van der Waals surface area contributed by atoms with Gasteiger partial charge in [-0.2, -0.15) is 0 Å². The van der Waals surface area contributed by atoms with E-state index in [9.17, 15) is 0 Å². The molecule has 0 aromatic heterocycles. The third kappa shape index (κ3) is 6.42. The number of nitrogens with one attached hydrogen (secondary N) is 1. The molecule has 86 valence electrons. The van der Waals surface area contributed by atoms with E-state index in [0.29, 0.717) is 0 Å². The number of hydrogen-bond acceptors (Lipinski definition) is 1. The first kappa shape index (κ1) is 14.0. The predicted molar refractivity (Wildman–Crippen MR) is 65.7 cm³/mol. The van der Waals surface area contributed by atoms with E-state index in [4.69, 9.17) is 0 Å². The maximum Gasteiger partial charge on any atom is 0.00619 e. The Hall–Kier alpha value is -0.0400. The van der Waals surface area contributed by atoms with Crippen molar-refractivity contribution in [1.29, 1.82) is 0 Å². The van der Waals surface area contributed by atoms with Crippen LogP contribution >= 0.6 is 0 Å². The van der Waals surface area contributed by atoms with Gasteiger partial charge in [0, 0.05) is 6.04 Å². The monoisotopic (exact) mass is 199 g/mol. The van der Waals surface area contributed by atoms with Crippen LogP contribution in [0.2, 0.25) is 0 Å². The van der Waals surface area contributed by atoms with Gasteiger partial charge in [0.2, 0.25) is 0 Å². The van der Waals surface area contributed by atoms with Crippen LogP contribution in [-0.4, -0.2) is 12.6 Å². The summed E-state index contributed by atoms with van der Waals surface area (Å²) in [6, 6.07) is 0.741. The molecule has 0 amide bonds. The van der Waals surface area contributed by atoms with Crippen LogP contribution < -0.4 is 5.32 Å². The van der Waals surface area contributed by atoms with Crippen LogP contribution in [0.1, 0.15) is 66.2 Å². The van der Waals surface area contributed by atoms with Crippen molar-refractivity contribution >= 4 is 0 Å². The quantitative estimate of drug-likeness (QED) is 0.592. The second-order valence-electron chi connectivity index (χ2n) is 4.34. The molecule has 0 fully saturated rings. The number of unbranched alkanes of at least 4 members (excludes halogenated alkanes) is 1. The van der Waals surface area contributed by atoms with E-state index in [-0.39, 0.29) is 0 Å². The molecular weight excluding hydrogens is 170 g/mol. The average Bonchev–Trinajstić information content (AvgIpc) is 2.23. The predicted octanol–water partition coefficient (Wildman–Crippen LogP) is 3.98. The minimum Gasteiger partial charge on any atom is -0.314 e. The number of rotatable bonds is 9. The summed E-state index contributed by atoms with van der Waals surface area (Å²) in [5.41, 5.74) is 0. The number of hydrogen-bond donors (Lipinski definition) is 1. The molecule has 0 saturated carbocycles.